The normalized spacial score (nSPS) is 12.4. The van der Waals surface area contributed by atoms with Crippen molar-refractivity contribution in [1.82, 2.24) is 0 Å². The smallest absolute Gasteiger partial charge is 0.306 e. The lowest BCUT2D eigenvalue weighted by molar-refractivity contribution is -0.167. The Morgan fingerprint density at radius 3 is 0.753 bits per heavy atom. The molecule has 0 aliphatic rings. The van der Waals surface area contributed by atoms with Crippen LogP contribution >= 0.6 is 0 Å². The first-order valence-electron chi connectivity index (χ1n) is 35.8. The minimum absolute atomic E-state index is 0.0664. The molecule has 0 bridgehead atoms. The fraction of sp³-hybridized carbons (Fsp3) is 0.827. The predicted molar refractivity (Wildman–Crippen MR) is 353 cm³/mol. The number of esters is 3. The van der Waals surface area contributed by atoms with Crippen molar-refractivity contribution in [3.8, 4) is 0 Å². The van der Waals surface area contributed by atoms with Crippen molar-refractivity contribution in [3.05, 3.63) is 60.8 Å². The molecule has 0 saturated heterocycles. The van der Waals surface area contributed by atoms with Gasteiger partial charge in [0.05, 0.1) is 0 Å². The summed E-state index contributed by atoms with van der Waals surface area (Å²) in [5.41, 5.74) is 0. The Kier molecular flexibility index (Phi) is 67.1. The van der Waals surface area contributed by atoms with Crippen LogP contribution in [0.4, 0.5) is 0 Å². The fourth-order valence-corrected chi connectivity index (χ4v) is 10.7. The van der Waals surface area contributed by atoms with E-state index in [2.05, 4.69) is 81.5 Å². The van der Waals surface area contributed by atoms with E-state index in [0.717, 1.165) is 89.9 Å². The van der Waals surface area contributed by atoms with E-state index in [1.54, 1.807) is 0 Å². The van der Waals surface area contributed by atoms with Crippen LogP contribution in [0.2, 0.25) is 0 Å². The van der Waals surface area contributed by atoms with Crippen molar-refractivity contribution in [2.75, 3.05) is 13.2 Å². The highest BCUT2D eigenvalue weighted by Gasteiger charge is 2.19. The third kappa shape index (κ3) is 67.8. The maximum Gasteiger partial charge on any atom is 0.306 e. The summed E-state index contributed by atoms with van der Waals surface area (Å²) in [7, 11) is 0. The molecule has 0 aromatic carbocycles. The third-order valence-electron chi connectivity index (χ3n) is 16.0. The molecule has 0 spiro atoms. The molecule has 81 heavy (non-hydrogen) atoms. The Morgan fingerprint density at radius 2 is 0.481 bits per heavy atom. The molecule has 0 N–H and O–H groups in total. The number of unbranched alkanes of at least 4 members (excludes halogenated alkanes) is 45. The summed E-state index contributed by atoms with van der Waals surface area (Å²) in [6.07, 6.45) is 89.6. The SMILES string of the molecule is CC/C=C\C/C=C\C/C=C\C/C=C\C/C=C\CCCCCCCCCCCCCCCCCC(=O)OCC(COC(=O)CCCCCCCCCCCCCCCC)OC(=O)CCCCCCCCCCCCCCCCCCCC. The van der Waals surface area contributed by atoms with E-state index in [0.29, 0.717) is 19.3 Å². The van der Waals surface area contributed by atoms with E-state index in [4.69, 9.17) is 14.2 Å². The van der Waals surface area contributed by atoms with Crippen LogP contribution in [0.25, 0.3) is 0 Å². The van der Waals surface area contributed by atoms with Crippen LogP contribution in [0.5, 0.6) is 0 Å². The number of rotatable bonds is 66. The topological polar surface area (TPSA) is 78.9 Å². The fourth-order valence-electron chi connectivity index (χ4n) is 10.7. The molecule has 6 heteroatoms. The van der Waals surface area contributed by atoms with Crippen molar-refractivity contribution in [2.45, 2.75) is 386 Å². The maximum absolute atomic E-state index is 12.9. The van der Waals surface area contributed by atoms with E-state index in [1.165, 1.54) is 250 Å². The molecule has 0 aromatic rings. The van der Waals surface area contributed by atoms with Gasteiger partial charge in [-0.1, -0.05) is 358 Å². The summed E-state index contributed by atoms with van der Waals surface area (Å²) < 4.78 is 17.0. The average molecular weight is 1130 g/mol. The summed E-state index contributed by atoms with van der Waals surface area (Å²) >= 11 is 0. The second kappa shape index (κ2) is 69.6. The summed E-state index contributed by atoms with van der Waals surface area (Å²) in [6.45, 7) is 6.60. The third-order valence-corrected chi connectivity index (χ3v) is 16.0. The molecule has 0 aliphatic carbocycles. The molecular weight excluding hydrogens is 997 g/mol. The van der Waals surface area contributed by atoms with Crippen LogP contribution in [0, 0.1) is 0 Å². The summed E-state index contributed by atoms with van der Waals surface area (Å²) in [5.74, 6) is -0.837. The molecule has 472 valence electrons. The first-order chi connectivity index (χ1) is 40.0. The number of hydrogen-bond acceptors (Lipinski definition) is 6. The van der Waals surface area contributed by atoms with Gasteiger partial charge in [0.25, 0.3) is 0 Å². The van der Waals surface area contributed by atoms with Crippen LogP contribution < -0.4 is 0 Å². The Morgan fingerprint density at radius 1 is 0.259 bits per heavy atom. The average Bonchev–Trinajstić information content (AvgIpc) is 3.47. The molecule has 1 atom stereocenters. The molecular formula is C75H136O6. The Labute approximate surface area is 504 Å². The zero-order chi connectivity index (χ0) is 58.5. The van der Waals surface area contributed by atoms with Gasteiger partial charge in [0.2, 0.25) is 0 Å². The van der Waals surface area contributed by atoms with Gasteiger partial charge >= 0.3 is 17.9 Å². The highest BCUT2D eigenvalue weighted by molar-refractivity contribution is 5.71. The molecule has 1 unspecified atom stereocenters. The molecule has 0 rings (SSSR count). The number of allylic oxidation sites excluding steroid dienone is 10. The minimum Gasteiger partial charge on any atom is -0.462 e. The van der Waals surface area contributed by atoms with E-state index in [9.17, 15) is 14.4 Å². The van der Waals surface area contributed by atoms with Gasteiger partial charge in [0.15, 0.2) is 6.10 Å². The van der Waals surface area contributed by atoms with Gasteiger partial charge in [0, 0.05) is 19.3 Å². The quantitative estimate of drug-likeness (QED) is 0.0261. The van der Waals surface area contributed by atoms with Gasteiger partial charge in [-0.15, -0.1) is 0 Å². The minimum atomic E-state index is -0.770. The largest absolute Gasteiger partial charge is 0.462 e. The van der Waals surface area contributed by atoms with Gasteiger partial charge in [-0.25, -0.2) is 0 Å². The van der Waals surface area contributed by atoms with Gasteiger partial charge in [-0.3, -0.25) is 14.4 Å². The van der Waals surface area contributed by atoms with E-state index in [-0.39, 0.29) is 31.1 Å². The van der Waals surface area contributed by atoms with Gasteiger partial charge in [-0.2, -0.15) is 0 Å². The standard InChI is InChI=1S/C75H136O6/c1-4-7-10-13-16-19-22-25-28-30-32-33-34-35-36-37-38-39-40-41-42-43-44-46-47-50-53-56-59-62-65-68-74(77)80-71-72(70-79-73(76)67-64-61-58-55-52-49-27-24-21-18-15-12-9-6-3)81-75(78)69-66-63-60-57-54-51-48-45-31-29-26-23-20-17-14-11-8-5-2/h7,10,16,19,25,28,32-33,35-36,72H,4-6,8-9,11-15,17-18,20-24,26-27,29-31,34,37-71H2,1-3H3/b10-7-,19-16-,28-25-,33-32-,36-35-. The lowest BCUT2D eigenvalue weighted by atomic mass is 10.0. The highest BCUT2D eigenvalue weighted by atomic mass is 16.6. The maximum atomic E-state index is 12.9. The van der Waals surface area contributed by atoms with Crippen LogP contribution in [-0.2, 0) is 28.6 Å². The van der Waals surface area contributed by atoms with Crippen LogP contribution in [0.3, 0.4) is 0 Å². The zero-order valence-electron chi connectivity index (χ0n) is 54.3. The first-order valence-corrected chi connectivity index (χ1v) is 35.8. The van der Waals surface area contributed by atoms with Crippen LogP contribution in [-0.4, -0.2) is 37.2 Å². The molecule has 0 saturated carbocycles. The predicted octanol–water partition coefficient (Wildman–Crippen LogP) is 24.7. The van der Waals surface area contributed by atoms with Crippen LogP contribution in [0.15, 0.2) is 60.8 Å². The Bertz CT molecular complexity index is 1440. The lowest BCUT2D eigenvalue weighted by Crippen LogP contribution is -2.30. The molecule has 0 aliphatic heterocycles. The second-order valence-electron chi connectivity index (χ2n) is 24.1. The number of carbonyl (C=O) groups excluding carboxylic acids is 3. The molecule has 0 heterocycles. The highest BCUT2D eigenvalue weighted by Crippen LogP contribution is 2.18. The number of carbonyl (C=O) groups is 3. The molecule has 6 nitrogen and oxygen atoms in total. The number of hydrogen-bond donors (Lipinski definition) is 0. The second-order valence-corrected chi connectivity index (χ2v) is 24.1. The Balaban J connectivity index is 4.19. The molecule has 0 amide bonds. The van der Waals surface area contributed by atoms with Gasteiger partial charge < -0.3 is 14.2 Å². The van der Waals surface area contributed by atoms with Gasteiger partial charge in [-0.05, 0) is 64.2 Å². The van der Waals surface area contributed by atoms with E-state index >= 15 is 0 Å². The lowest BCUT2D eigenvalue weighted by Gasteiger charge is -2.18. The molecule has 0 fully saturated rings. The summed E-state index contributed by atoms with van der Waals surface area (Å²) in [5, 5.41) is 0. The summed E-state index contributed by atoms with van der Waals surface area (Å²) in [6, 6.07) is 0. The van der Waals surface area contributed by atoms with Gasteiger partial charge in [0.1, 0.15) is 13.2 Å². The van der Waals surface area contributed by atoms with Crippen molar-refractivity contribution >= 4 is 17.9 Å². The van der Waals surface area contributed by atoms with E-state index in [1.807, 2.05) is 0 Å². The molecule has 0 aromatic heterocycles. The van der Waals surface area contributed by atoms with Crippen molar-refractivity contribution in [2.24, 2.45) is 0 Å². The van der Waals surface area contributed by atoms with Crippen molar-refractivity contribution in [3.63, 3.8) is 0 Å². The Hall–Kier alpha value is -2.89. The van der Waals surface area contributed by atoms with Crippen molar-refractivity contribution < 1.29 is 28.6 Å². The zero-order valence-corrected chi connectivity index (χ0v) is 54.3. The monoisotopic (exact) mass is 1130 g/mol. The number of ether oxygens (including phenoxy) is 3. The van der Waals surface area contributed by atoms with Crippen LogP contribution in [0.1, 0.15) is 380 Å². The molecule has 0 radical (unpaired) electrons. The van der Waals surface area contributed by atoms with Crippen molar-refractivity contribution in [1.29, 1.82) is 0 Å². The van der Waals surface area contributed by atoms with E-state index < -0.39 is 6.10 Å². The summed E-state index contributed by atoms with van der Waals surface area (Å²) in [4.78, 5) is 38.4. The first kappa shape index (κ1) is 78.1.